The molecule has 1 aliphatic heterocycles. The first-order chi connectivity index (χ1) is 20.2. The summed E-state index contributed by atoms with van der Waals surface area (Å²) in [6.45, 7) is 8.50. The predicted molar refractivity (Wildman–Crippen MR) is 159 cm³/mol. The van der Waals surface area contributed by atoms with Crippen LogP contribution in [0.4, 0.5) is 4.79 Å². The minimum Gasteiger partial charge on any atom is -0.439 e. The largest absolute Gasteiger partial charge is 0.439 e. The van der Waals surface area contributed by atoms with Gasteiger partial charge in [-0.3, -0.25) is 14.4 Å². The molecule has 2 bridgehead atoms. The lowest BCUT2D eigenvalue weighted by Crippen LogP contribution is -2.38. The minimum atomic E-state index is -1.01. The molecule has 1 unspecified atom stereocenters. The number of fused-ring (bicyclic) bond motifs is 2. The molecule has 2 amide bonds. The normalized spacial score (nSPS) is 28.9. The Kier molecular flexibility index (Phi) is 13.5. The van der Waals surface area contributed by atoms with Gasteiger partial charge in [0.1, 0.15) is 6.10 Å². The van der Waals surface area contributed by atoms with Crippen LogP contribution in [0, 0.1) is 11.8 Å². The van der Waals surface area contributed by atoms with Crippen LogP contribution in [-0.2, 0) is 28.6 Å². The zero-order valence-corrected chi connectivity index (χ0v) is 25.9. The van der Waals surface area contributed by atoms with E-state index in [9.17, 15) is 29.4 Å². The second kappa shape index (κ2) is 16.3. The molecule has 1 aliphatic carbocycles. The van der Waals surface area contributed by atoms with E-state index in [1.165, 1.54) is 33.3 Å². The summed E-state index contributed by atoms with van der Waals surface area (Å²) in [5, 5.41) is 26.4. The first kappa shape index (κ1) is 35.6. The van der Waals surface area contributed by atoms with E-state index in [2.05, 4.69) is 10.6 Å². The van der Waals surface area contributed by atoms with Crippen LogP contribution in [0.2, 0.25) is 0 Å². The number of carbonyl (C=O) groups is 4. The first-order valence-electron chi connectivity index (χ1n) is 14.2. The molecule has 0 aromatic carbocycles. The van der Waals surface area contributed by atoms with E-state index in [1.54, 1.807) is 32.9 Å². The number of aliphatic hydroxyl groups is 2. The molecule has 0 spiro atoms. The maximum Gasteiger partial charge on any atom is 0.405 e. The van der Waals surface area contributed by atoms with Crippen LogP contribution in [0.3, 0.4) is 0 Å². The highest BCUT2D eigenvalue weighted by Gasteiger charge is 2.33. The second-order valence-electron chi connectivity index (χ2n) is 11.2. The number of nitrogens with one attached hydrogen (secondary N) is 2. The van der Waals surface area contributed by atoms with Crippen LogP contribution in [0.25, 0.3) is 0 Å². The monoisotopic (exact) mass is 603 g/mol. The van der Waals surface area contributed by atoms with Crippen molar-refractivity contribution in [1.82, 2.24) is 10.6 Å². The zero-order valence-electron chi connectivity index (χ0n) is 25.9. The van der Waals surface area contributed by atoms with Gasteiger partial charge in [0, 0.05) is 43.9 Å². The van der Waals surface area contributed by atoms with Gasteiger partial charge in [-0.2, -0.15) is 0 Å². The molecule has 2 aliphatic rings. The fourth-order valence-corrected chi connectivity index (χ4v) is 5.03. The predicted octanol–water partition coefficient (Wildman–Crippen LogP) is 1.73. The number of hydrogen-bond acceptors (Lipinski definition) is 10. The number of nitrogens with two attached hydrogens (primary N) is 1. The summed E-state index contributed by atoms with van der Waals surface area (Å²) >= 11 is 0. The van der Waals surface area contributed by atoms with E-state index < -0.39 is 60.0 Å². The van der Waals surface area contributed by atoms with Crippen molar-refractivity contribution in [2.75, 3.05) is 20.8 Å². The molecule has 43 heavy (non-hydrogen) atoms. The van der Waals surface area contributed by atoms with Crippen LogP contribution in [-0.4, -0.2) is 85.1 Å². The number of ether oxygens (including phenoxy) is 3. The number of ketones is 2. The fourth-order valence-electron chi connectivity index (χ4n) is 5.03. The highest BCUT2D eigenvalue weighted by atomic mass is 16.6. The molecule has 6 N–H and O–H groups in total. The minimum absolute atomic E-state index is 0.0431. The molecule has 1 heterocycles. The maximum absolute atomic E-state index is 13.6. The summed E-state index contributed by atoms with van der Waals surface area (Å²) in [6.07, 6.45) is 2.72. The molecule has 12 nitrogen and oxygen atoms in total. The summed E-state index contributed by atoms with van der Waals surface area (Å²) < 4.78 is 16.5. The molecular weight excluding hydrogens is 558 g/mol. The second-order valence-corrected chi connectivity index (χ2v) is 11.2. The van der Waals surface area contributed by atoms with Crippen molar-refractivity contribution < 1.29 is 43.6 Å². The molecule has 0 saturated carbocycles. The molecule has 7 atom stereocenters. The van der Waals surface area contributed by atoms with Gasteiger partial charge in [-0.25, -0.2) is 4.79 Å². The van der Waals surface area contributed by atoms with E-state index >= 15 is 0 Å². The number of hydrogen-bond donors (Lipinski definition) is 5. The molecular formula is C31H45N3O9. The Labute approximate surface area is 252 Å². The third-order valence-corrected chi connectivity index (χ3v) is 7.37. The molecule has 12 heteroatoms. The summed E-state index contributed by atoms with van der Waals surface area (Å²) in [7, 11) is 2.90. The molecule has 238 valence electrons. The molecule has 0 radical (unpaired) electrons. The van der Waals surface area contributed by atoms with E-state index in [0.29, 0.717) is 12.0 Å². The van der Waals surface area contributed by atoms with Crippen molar-refractivity contribution in [2.45, 2.75) is 78.0 Å². The Balaban J connectivity index is 2.62. The number of rotatable bonds is 6. The van der Waals surface area contributed by atoms with Crippen molar-refractivity contribution in [1.29, 1.82) is 0 Å². The van der Waals surface area contributed by atoms with E-state index in [0.717, 1.165) is 6.08 Å². The third-order valence-electron chi connectivity index (χ3n) is 7.37. The Morgan fingerprint density at radius 3 is 2.44 bits per heavy atom. The van der Waals surface area contributed by atoms with Gasteiger partial charge in [-0.15, -0.1) is 0 Å². The van der Waals surface area contributed by atoms with Crippen molar-refractivity contribution in [2.24, 2.45) is 17.6 Å². The summed E-state index contributed by atoms with van der Waals surface area (Å²) in [5.41, 5.74) is 6.19. The average Bonchev–Trinajstić information content (AvgIpc) is 2.93. The zero-order chi connectivity index (χ0) is 32.4. The van der Waals surface area contributed by atoms with Gasteiger partial charge in [0.05, 0.1) is 29.7 Å². The summed E-state index contributed by atoms with van der Waals surface area (Å²) in [5.74, 6) is -2.35. The van der Waals surface area contributed by atoms with Crippen LogP contribution < -0.4 is 16.4 Å². The number of Topliss-reactive ketones (excluding diaryl/α,β-unsaturated/α-hetero) is 1. The van der Waals surface area contributed by atoms with Gasteiger partial charge in [0.15, 0.2) is 6.10 Å². The highest BCUT2D eigenvalue weighted by molar-refractivity contribution is 6.23. The van der Waals surface area contributed by atoms with E-state index in [4.69, 9.17) is 19.9 Å². The van der Waals surface area contributed by atoms with Crippen LogP contribution in [0.15, 0.2) is 58.5 Å². The number of amides is 2. The standard InChI is InChI=1S/C31H45N3O9/c1-16-11-21-26(33-15-20(5)35)23(36)14-22(28(21)38)34-30(39)17(2)9-8-10-24(41-6)29(43-31(32)40)19(4)13-18(3)27(37)25(12-16)42-7/h8-10,13-14,16,18,20,24-25,27,29,33,35,37H,11-12,15H2,1-7H3,(H2,32,40)(H,34,39)/t16-,18+,20?,24+,25+,27-,29+/m1/s1. The average molecular weight is 604 g/mol. The number of primary amides is 1. The number of methoxy groups -OCH3 is 2. The van der Waals surface area contributed by atoms with Crippen LogP contribution in [0.5, 0.6) is 0 Å². The van der Waals surface area contributed by atoms with Gasteiger partial charge in [-0.1, -0.05) is 38.2 Å². The Bertz CT molecular complexity index is 1210. The van der Waals surface area contributed by atoms with Gasteiger partial charge in [-0.05, 0) is 45.1 Å². The van der Waals surface area contributed by atoms with Crippen LogP contribution >= 0.6 is 0 Å². The third kappa shape index (κ3) is 9.99. The lowest BCUT2D eigenvalue weighted by atomic mass is 9.85. The van der Waals surface area contributed by atoms with Crippen molar-refractivity contribution in [3.63, 3.8) is 0 Å². The topological polar surface area (TPSA) is 187 Å². The SMILES string of the molecule is CO[C@H]1C=CC=C(C)C(=O)NC2=CC(=O)C(NCC(C)O)=C(C[C@@H](C)C[C@H](OC)[C@H](O)[C@@H](C)C=C(C)[C@@H]1OC(N)=O)C2=O. The quantitative estimate of drug-likeness (QED) is 0.221. The van der Waals surface area contributed by atoms with Gasteiger partial charge >= 0.3 is 6.09 Å². The van der Waals surface area contributed by atoms with Crippen molar-refractivity contribution in [3.8, 4) is 0 Å². The first-order valence-corrected chi connectivity index (χ1v) is 14.2. The lowest BCUT2D eigenvalue weighted by molar-refractivity contribution is -0.120. The number of allylic oxidation sites excluding steroid dienone is 4. The van der Waals surface area contributed by atoms with E-state index in [1.807, 2.05) is 6.92 Å². The van der Waals surface area contributed by atoms with Gasteiger partial charge in [0.2, 0.25) is 11.6 Å². The number of aliphatic hydroxyl groups excluding tert-OH is 2. The summed E-state index contributed by atoms with van der Waals surface area (Å²) in [4.78, 5) is 51.4. The molecule has 0 aromatic heterocycles. The van der Waals surface area contributed by atoms with Crippen LogP contribution in [0.1, 0.15) is 47.5 Å². The Hall–Kier alpha value is -3.58. The van der Waals surface area contributed by atoms with Crippen molar-refractivity contribution >= 4 is 23.6 Å². The smallest absolute Gasteiger partial charge is 0.405 e. The maximum atomic E-state index is 13.6. The lowest BCUT2D eigenvalue weighted by Gasteiger charge is -2.30. The van der Waals surface area contributed by atoms with Gasteiger partial charge in [0.25, 0.3) is 5.91 Å². The fraction of sp³-hybridized carbons (Fsp3) is 0.548. The van der Waals surface area contributed by atoms with Crippen molar-refractivity contribution in [3.05, 3.63) is 58.5 Å². The number of carbonyl (C=O) groups excluding carboxylic acids is 4. The van der Waals surface area contributed by atoms with E-state index in [-0.39, 0.29) is 41.4 Å². The summed E-state index contributed by atoms with van der Waals surface area (Å²) in [6, 6.07) is 0. The van der Waals surface area contributed by atoms with Gasteiger partial charge < -0.3 is 40.8 Å². The molecule has 0 saturated heterocycles. The highest BCUT2D eigenvalue weighted by Crippen LogP contribution is 2.28. The molecule has 0 aromatic rings. The molecule has 2 rings (SSSR count). The molecule has 0 fully saturated rings. The Morgan fingerprint density at radius 2 is 1.86 bits per heavy atom. The Morgan fingerprint density at radius 1 is 1.19 bits per heavy atom.